The Morgan fingerprint density at radius 1 is 1.33 bits per heavy atom. The van der Waals surface area contributed by atoms with Crippen LogP contribution in [0.3, 0.4) is 0 Å². The van der Waals surface area contributed by atoms with E-state index in [-0.39, 0.29) is 5.54 Å². The van der Waals surface area contributed by atoms with Gasteiger partial charge in [0.2, 0.25) is 0 Å². The lowest BCUT2D eigenvalue weighted by Gasteiger charge is -2.24. The third kappa shape index (κ3) is 5.34. The van der Waals surface area contributed by atoms with Crippen LogP contribution >= 0.6 is 0 Å². The van der Waals surface area contributed by atoms with Gasteiger partial charge in [-0.3, -0.25) is 0 Å². The van der Waals surface area contributed by atoms with Crippen LogP contribution in [-0.2, 0) is 0 Å². The summed E-state index contributed by atoms with van der Waals surface area (Å²) >= 11 is 0. The molecule has 0 aromatic carbocycles. The van der Waals surface area contributed by atoms with E-state index in [1.54, 1.807) is 0 Å². The average Bonchev–Trinajstić information content (AvgIpc) is 2.89. The van der Waals surface area contributed by atoms with Crippen LogP contribution in [0.2, 0.25) is 0 Å². The van der Waals surface area contributed by atoms with Crippen LogP contribution in [0.25, 0.3) is 0 Å². The fourth-order valence-corrected chi connectivity index (χ4v) is 2.37. The fraction of sp³-hybridized carbons (Fsp3) is 0.929. The summed E-state index contributed by atoms with van der Waals surface area (Å²) < 4.78 is 0. The maximum Gasteiger partial charge on any atom is 0.103 e. The molecule has 1 N–H and O–H groups in total. The van der Waals surface area contributed by atoms with Gasteiger partial charge in [-0.1, -0.05) is 0 Å². The molecule has 0 spiro atoms. The summed E-state index contributed by atoms with van der Waals surface area (Å²) in [5.41, 5.74) is -0.365. The summed E-state index contributed by atoms with van der Waals surface area (Å²) in [7, 11) is 4.04. The zero-order valence-electron chi connectivity index (χ0n) is 12.2. The predicted octanol–water partition coefficient (Wildman–Crippen LogP) is 1.30. The molecule has 104 valence electrons. The first-order valence-electron chi connectivity index (χ1n) is 7.11. The minimum absolute atomic E-state index is 0.365. The van der Waals surface area contributed by atoms with Gasteiger partial charge in [0.25, 0.3) is 0 Å². The Hall–Kier alpha value is -0.630. The zero-order valence-corrected chi connectivity index (χ0v) is 12.2. The Morgan fingerprint density at radius 2 is 2.00 bits per heavy atom. The van der Waals surface area contributed by atoms with E-state index in [1.165, 1.54) is 32.5 Å². The molecular weight excluding hydrogens is 224 g/mol. The highest BCUT2D eigenvalue weighted by molar-refractivity contribution is 5.02. The number of nitrogens with zero attached hydrogens (tertiary/aromatic N) is 3. The second-order valence-corrected chi connectivity index (χ2v) is 5.65. The highest BCUT2D eigenvalue weighted by Gasteiger charge is 2.20. The summed E-state index contributed by atoms with van der Waals surface area (Å²) in [5.74, 6) is 0. The molecule has 0 aliphatic carbocycles. The van der Waals surface area contributed by atoms with Gasteiger partial charge < -0.3 is 15.1 Å². The SMILES string of the molecule is CNC(C)(C#N)CCCN(C)CCN1CCCC1. The Kier molecular flexibility index (Phi) is 6.62. The summed E-state index contributed by atoms with van der Waals surface area (Å²) in [6.45, 7) is 7.94. The maximum atomic E-state index is 9.06. The Labute approximate surface area is 112 Å². The van der Waals surface area contributed by atoms with Gasteiger partial charge in [0.15, 0.2) is 0 Å². The van der Waals surface area contributed by atoms with Crippen molar-refractivity contribution in [2.75, 3.05) is 46.8 Å². The second kappa shape index (κ2) is 7.73. The zero-order chi connectivity index (χ0) is 13.4. The molecule has 0 aromatic rings. The van der Waals surface area contributed by atoms with Gasteiger partial charge >= 0.3 is 0 Å². The highest BCUT2D eigenvalue weighted by atomic mass is 15.2. The molecule has 0 amide bonds. The number of likely N-dealkylation sites (tertiary alicyclic amines) is 1. The summed E-state index contributed by atoms with van der Waals surface area (Å²) in [4.78, 5) is 4.93. The maximum absolute atomic E-state index is 9.06. The number of hydrogen-bond donors (Lipinski definition) is 1. The van der Waals surface area contributed by atoms with Crippen LogP contribution in [0.15, 0.2) is 0 Å². The van der Waals surface area contributed by atoms with Gasteiger partial charge in [-0.25, -0.2) is 0 Å². The van der Waals surface area contributed by atoms with Crippen molar-refractivity contribution in [1.29, 1.82) is 5.26 Å². The van der Waals surface area contributed by atoms with E-state index in [9.17, 15) is 0 Å². The quantitative estimate of drug-likeness (QED) is 0.707. The number of nitriles is 1. The fourth-order valence-electron chi connectivity index (χ4n) is 2.37. The third-order valence-corrected chi connectivity index (χ3v) is 4.01. The standard InChI is InChI=1S/C14H28N4/c1-14(13-15,16-2)7-6-8-17(3)11-12-18-9-4-5-10-18/h16H,4-12H2,1-3H3. The highest BCUT2D eigenvalue weighted by Crippen LogP contribution is 2.11. The summed E-state index contributed by atoms with van der Waals surface area (Å²) in [5, 5.41) is 12.2. The molecule has 4 nitrogen and oxygen atoms in total. The van der Waals surface area contributed by atoms with Crippen molar-refractivity contribution in [2.24, 2.45) is 0 Å². The van der Waals surface area contributed by atoms with E-state index >= 15 is 0 Å². The van der Waals surface area contributed by atoms with Crippen molar-refractivity contribution >= 4 is 0 Å². The predicted molar refractivity (Wildman–Crippen MR) is 75.5 cm³/mol. The number of rotatable bonds is 8. The largest absolute Gasteiger partial charge is 0.305 e. The van der Waals surface area contributed by atoms with Crippen molar-refractivity contribution in [1.82, 2.24) is 15.1 Å². The van der Waals surface area contributed by atoms with Crippen molar-refractivity contribution < 1.29 is 0 Å². The second-order valence-electron chi connectivity index (χ2n) is 5.65. The topological polar surface area (TPSA) is 42.3 Å². The van der Waals surface area contributed by atoms with Gasteiger partial charge in [0, 0.05) is 13.1 Å². The smallest absolute Gasteiger partial charge is 0.103 e. The summed E-state index contributed by atoms with van der Waals surface area (Å²) in [6, 6.07) is 2.34. The van der Waals surface area contributed by atoms with E-state index in [2.05, 4.69) is 28.2 Å². The van der Waals surface area contributed by atoms with Crippen LogP contribution in [0.4, 0.5) is 0 Å². The number of hydrogen-bond acceptors (Lipinski definition) is 4. The minimum Gasteiger partial charge on any atom is -0.305 e. The van der Waals surface area contributed by atoms with Crippen molar-refractivity contribution in [3.63, 3.8) is 0 Å². The normalized spacial score (nSPS) is 19.9. The molecule has 1 heterocycles. The molecule has 1 saturated heterocycles. The van der Waals surface area contributed by atoms with Gasteiger partial charge in [-0.2, -0.15) is 5.26 Å². The lowest BCUT2D eigenvalue weighted by Crippen LogP contribution is -2.39. The van der Waals surface area contributed by atoms with Gasteiger partial charge in [-0.15, -0.1) is 0 Å². The first-order chi connectivity index (χ1) is 8.59. The van der Waals surface area contributed by atoms with Crippen molar-refractivity contribution in [3.05, 3.63) is 0 Å². The van der Waals surface area contributed by atoms with Crippen LogP contribution in [0.1, 0.15) is 32.6 Å². The van der Waals surface area contributed by atoms with Crippen molar-refractivity contribution in [3.8, 4) is 6.07 Å². The van der Waals surface area contributed by atoms with E-state index in [0.29, 0.717) is 0 Å². The van der Waals surface area contributed by atoms with Crippen LogP contribution in [0.5, 0.6) is 0 Å². The lowest BCUT2D eigenvalue weighted by atomic mass is 9.98. The monoisotopic (exact) mass is 252 g/mol. The number of likely N-dealkylation sites (N-methyl/N-ethyl adjacent to an activating group) is 1. The molecule has 0 aromatic heterocycles. The van der Waals surface area contributed by atoms with Gasteiger partial charge in [-0.05, 0) is 66.3 Å². The van der Waals surface area contributed by atoms with E-state index in [4.69, 9.17) is 5.26 Å². The Morgan fingerprint density at radius 3 is 2.56 bits per heavy atom. The van der Waals surface area contributed by atoms with Gasteiger partial charge in [0.05, 0.1) is 6.07 Å². The molecular formula is C14H28N4. The van der Waals surface area contributed by atoms with Crippen LogP contribution in [-0.4, -0.2) is 62.2 Å². The molecule has 1 aliphatic heterocycles. The number of nitrogens with one attached hydrogen (secondary N) is 1. The Balaban J connectivity index is 2.09. The molecule has 1 unspecified atom stereocenters. The summed E-state index contributed by atoms with van der Waals surface area (Å²) in [6.07, 6.45) is 4.72. The average molecular weight is 252 g/mol. The van der Waals surface area contributed by atoms with Gasteiger partial charge in [0.1, 0.15) is 5.54 Å². The Bertz CT molecular complexity index is 267. The molecule has 4 heteroatoms. The van der Waals surface area contributed by atoms with E-state index < -0.39 is 0 Å². The molecule has 1 atom stereocenters. The molecule has 1 fully saturated rings. The lowest BCUT2D eigenvalue weighted by molar-refractivity contribution is 0.249. The minimum atomic E-state index is -0.365. The third-order valence-electron chi connectivity index (χ3n) is 4.01. The van der Waals surface area contributed by atoms with E-state index in [0.717, 1.165) is 25.9 Å². The van der Waals surface area contributed by atoms with E-state index in [1.807, 2.05) is 14.0 Å². The molecule has 0 bridgehead atoms. The molecule has 18 heavy (non-hydrogen) atoms. The molecule has 1 aliphatic rings. The molecule has 0 radical (unpaired) electrons. The van der Waals surface area contributed by atoms with Crippen LogP contribution < -0.4 is 5.32 Å². The molecule has 0 saturated carbocycles. The first-order valence-corrected chi connectivity index (χ1v) is 7.11. The first kappa shape index (κ1) is 15.4. The van der Waals surface area contributed by atoms with Crippen molar-refractivity contribution in [2.45, 2.75) is 38.1 Å². The molecule has 1 rings (SSSR count). The van der Waals surface area contributed by atoms with Crippen LogP contribution in [0, 0.1) is 11.3 Å².